The molecule has 94 valence electrons. The Morgan fingerprint density at radius 2 is 2.24 bits per heavy atom. The molecular formula is C10H11F3N2O2. The van der Waals surface area contributed by atoms with Gasteiger partial charge in [0, 0.05) is 12.1 Å². The summed E-state index contributed by atoms with van der Waals surface area (Å²) >= 11 is 0. The maximum atomic E-state index is 13.2. The highest BCUT2D eigenvalue weighted by molar-refractivity contribution is 5.89. The van der Waals surface area contributed by atoms with Gasteiger partial charge in [-0.15, -0.1) is 0 Å². The first-order valence-electron chi connectivity index (χ1n) is 4.85. The third-order valence-corrected chi connectivity index (χ3v) is 2.07. The fraction of sp³-hybridized carbons (Fsp3) is 0.400. The van der Waals surface area contributed by atoms with Crippen LogP contribution in [-0.2, 0) is 11.3 Å². The van der Waals surface area contributed by atoms with Gasteiger partial charge in [-0.3, -0.25) is 0 Å². The number of hydrogen-bond acceptors (Lipinski definition) is 4. The number of nitrogens with zero attached hydrogens (tertiary/aromatic N) is 1. The van der Waals surface area contributed by atoms with E-state index in [0.29, 0.717) is 6.20 Å². The molecule has 0 aliphatic heterocycles. The summed E-state index contributed by atoms with van der Waals surface area (Å²) in [7, 11) is 0. The van der Waals surface area contributed by atoms with E-state index in [4.69, 9.17) is 5.73 Å². The van der Waals surface area contributed by atoms with E-state index in [1.807, 2.05) is 0 Å². The summed E-state index contributed by atoms with van der Waals surface area (Å²) < 4.78 is 43.0. The van der Waals surface area contributed by atoms with Gasteiger partial charge in [0.2, 0.25) is 0 Å². The summed E-state index contributed by atoms with van der Waals surface area (Å²) in [6.45, 7) is 1.20. The molecular weight excluding hydrogens is 237 g/mol. The Morgan fingerprint density at radius 1 is 1.59 bits per heavy atom. The van der Waals surface area contributed by atoms with Crippen LogP contribution < -0.4 is 5.73 Å². The van der Waals surface area contributed by atoms with Gasteiger partial charge in [-0.1, -0.05) is 0 Å². The van der Waals surface area contributed by atoms with Crippen LogP contribution in [-0.4, -0.2) is 17.6 Å². The average Bonchev–Trinajstić information content (AvgIpc) is 2.27. The number of halogens is 3. The first kappa shape index (κ1) is 13.4. The third kappa shape index (κ3) is 2.73. The number of pyridine rings is 1. The lowest BCUT2D eigenvalue weighted by Crippen LogP contribution is -2.16. The Labute approximate surface area is 95.6 Å². The molecule has 0 spiro atoms. The molecule has 0 atom stereocenters. The van der Waals surface area contributed by atoms with Crippen molar-refractivity contribution in [1.29, 1.82) is 0 Å². The Morgan fingerprint density at radius 3 is 2.71 bits per heavy atom. The van der Waals surface area contributed by atoms with Crippen LogP contribution in [0.1, 0.15) is 35.0 Å². The molecule has 0 amide bonds. The predicted octanol–water partition coefficient (Wildman–Crippen LogP) is 1.79. The highest BCUT2D eigenvalue weighted by Gasteiger charge is 2.25. The van der Waals surface area contributed by atoms with Crippen LogP contribution in [0.3, 0.4) is 0 Å². The molecule has 17 heavy (non-hydrogen) atoms. The van der Waals surface area contributed by atoms with Crippen LogP contribution >= 0.6 is 0 Å². The SMILES string of the molecule is CCOC(=O)c1ncc(F)c(C(F)F)c1CN. The summed E-state index contributed by atoms with van der Waals surface area (Å²) in [5.74, 6) is -2.08. The standard InChI is InChI=1S/C10H11F3N2O2/c1-2-17-10(16)8-5(3-14)7(9(12)13)6(11)4-15-8/h4,9H,2-3,14H2,1H3. The van der Waals surface area contributed by atoms with Gasteiger partial charge < -0.3 is 10.5 Å². The highest BCUT2D eigenvalue weighted by atomic mass is 19.3. The van der Waals surface area contributed by atoms with Gasteiger partial charge in [0.1, 0.15) is 0 Å². The van der Waals surface area contributed by atoms with E-state index in [1.165, 1.54) is 0 Å². The first-order chi connectivity index (χ1) is 8.02. The number of esters is 1. The summed E-state index contributed by atoms with van der Waals surface area (Å²) in [5, 5.41) is 0. The lowest BCUT2D eigenvalue weighted by Gasteiger charge is -2.11. The van der Waals surface area contributed by atoms with Crippen molar-refractivity contribution >= 4 is 5.97 Å². The quantitative estimate of drug-likeness (QED) is 0.825. The summed E-state index contributed by atoms with van der Waals surface area (Å²) in [4.78, 5) is 14.9. The molecule has 0 unspecified atom stereocenters. The van der Waals surface area contributed by atoms with Gasteiger partial charge in [-0.05, 0) is 6.92 Å². The Hall–Kier alpha value is -1.63. The normalized spacial score (nSPS) is 10.7. The van der Waals surface area contributed by atoms with Gasteiger partial charge in [-0.25, -0.2) is 22.9 Å². The zero-order valence-corrected chi connectivity index (χ0v) is 9.04. The van der Waals surface area contributed by atoms with Crippen LogP contribution in [0.4, 0.5) is 13.2 Å². The van der Waals surface area contributed by atoms with Gasteiger partial charge in [0.05, 0.1) is 18.4 Å². The fourth-order valence-corrected chi connectivity index (χ4v) is 1.36. The molecule has 1 heterocycles. The lowest BCUT2D eigenvalue weighted by molar-refractivity contribution is 0.0517. The highest BCUT2D eigenvalue weighted by Crippen LogP contribution is 2.27. The second kappa shape index (κ2) is 5.62. The van der Waals surface area contributed by atoms with E-state index in [-0.39, 0.29) is 17.9 Å². The van der Waals surface area contributed by atoms with Crippen LogP contribution in [0.15, 0.2) is 6.20 Å². The number of carbonyl (C=O) groups is 1. The number of rotatable bonds is 4. The topological polar surface area (TPSA) is 65.2 Å². The predicted molar refractivity (Wildman–Crippen MR) is 53.0 cm³/mol. The number of carbonyl (C=O) groups excluding carboxylic acids is 1. The molecule has 0 bridgehead atoms. The van der Waals surface area contributed by atoms with Crippen molar-refractivity contribution in [2.75, 3.05) is 6.61 Å². The van der Waals surface area contributed by atoms with Crippen LogP contribution in [0, 0.1) is 5.82 Å². The van der Waals surface area contributed by atoms with E-state index < -0.39 is 30.3 Å². The van der Waals surface area contributed by atoms with E-state index in [0.717, 1.165) is 0 Å². The van der Waals surface area contributed by atoms with Crippen molar-refractivity contribution in [1.82, 2.24) is 4.98 Å². The smallest absolute Gasteiger partial charge is 0.357 e. The van der Waals surface area contributed by atoms with Crippen molar-refractivity contribution in [3.8, 4) is 0 Å². The molecule has 0 aromatic carbocycles. The molecule has 0 radical (unpaired) electrons. The van der Waals surface area contributed by atoms with Crippen molar-refractivity contribution in [3.63, 3.8) is 0 Å². The second-order valence-corrected chi connectivity index (χ2v) is 3.07. The molecule has 2 N–H and O–H groups in total. The molecule has 0 aliphatic carbocycles. The lowest BCUT2D eigenvalue weighted by atomic mass is 10.1. The maximum Gasteiger partial charge on any atom is 0.357 e. The summed E-state index contributed by atoms with van der Waals surface area (Å²) in [6.07, 6.45) is -2.50. The number of ether oxygens (including phenoxy) is 1. The number of hydrogen-bond donors (Lipinski definition) is 1. The Balaban J connectivity index is 3.32. The second-order valence-electron chi connectivity index (χ2n) is 3.07. The monoisotopic (exact) mass is 248 g/mol. The zero-order valence-electron chi connectivity index (χ0n) is 9.04. The van der Waals surface area contributed by atoms with Gasteiger partial charge in [0.25, 0.3) is 6.43 Å². The largest absolute Gasteiger partial charge is 0.461 e. The van der Waals surface area contributed by atoms with Crippen LogP contribution in [0.25, 0.3) is 0 Å². The van der Waals surface area contributed by atoms with Gasteiger partial charge in [-0.2, -0.15) is 0 Å². The third-order valence-electron chi connectivity index (χ3n) is 2.07. The minimum atomic E-state index is -3.07. The van der Waals surface area contributed by atoms with E-state index in [1.54, 1.807) is 6.92 Å². The number of nitrogens with two attached hydrogens (primary N) is 1. The average molecular weight is 248 g/mol. The minimum Gasteiger partial charge on any atom is -0.461 e. The van der Waals surface area contributed by atoms with Crippen molar-refractivity contribution in [3.05, 3.63) is 28.8 Å². The molecule has 0 fully saturated rings. The maximum absolute atomic E-state index is 13.2. The van der Waals surface area contributed by atoms with Gasteiger partial charge in [0.15, 0.2) is 11.5 Å². The zero-order chi connectivity index (χ0) is 13.0. The number of aromatic nitrogens is 1. The molecule has 0 aliphatic rings. The molecule has 1 aromatic rings. The van der Waals surface area contributed by atoms with E-state index in [9.17, 15) is 18.0 Å². The summed E-state index contributed by atoms with van der Waals surface area (Å²) in [5.41, 5.74) is 3.66. The first-order valence-corrected chi connectivity index (χ1v) is 4.85. The Bertz CT molecular complexity index is 424. The van der Waals surface area contributed by atoms with Crippen molar-refractivity contribution < 1.29 is 22.7 Å². The molecule has 1 rings (SSSR count). The minimum absolute atomic E-state index is 0.0614. The Kier molecular flexibility index (Phi) is 4.45. The van der Waals surface area contributed by atoms with Crippen molar-refractivity contribution in [2.24, 2.45) is 5.73 Å². The van der Waals surface area contributed by atoms with Crippen LogP contribution in [0.5, 0.6) is 0 Å². The summed E-state index contributed by atoms with van der Waals surface area (Å²) in [6, 6.07) is 0. The van der Waals surface area contributed by atoms with Crippen molar-refractivity contribution in [2.45, 2.75) is 19.9 Å². The number of alkyl halides is 2. The molecule has 7 heteroatoms. The molecule has 0 saturated carbocycles. The fourth-order valence-electron chi connectivity index (χ4n) is 1.36. The van der Waals surface area contributed by atoms with E-state index in [2.05, 4.69) is 9.72 Å². The van der Waals surface area contributed by atoms with E-state index >= 15 is 0 Å². The molecule has 1 aromatic heterocycles. The molecule has 4 nitrogen and oxygen atoms in total. The van der Waals surface area contributed by atoms with Crippen LogP contribution in [0.2, 0.25) is 0 Å². The molecule has 0 saturated heterocycles. The van der Waals surface area contributed by atoms with Gasteiger partial charge >= 0.3 is 5.97 Å².